The Hall–Kier alpha value is -1.39. The fourth-order valence-electron chi connectivity index (χ4n) is 2.37. The molecule has 2 N–H and O–H groups in total. The molecule has 18 heavy (non-hydrogen) atoms. The molecule has 2 aliphatic rings. The number of nitrogens with zero attached hydrogens (tertiary/aromatic N) is 2. The quantitative estimate of drug-likeness (QED) is 0.836. The van der Waals surface area contributed by atoms with Crippen LogP contribution in [0.5, 0.6) is 0 Å². The molecular weight excluding hydrogens is 228 g/mol. The van der Waals surface area contributed by atoms with Gasteiger partial charge in [-0.3, -0.25) is 9.89 Å². The molecule has 2 saturated carbocycles. The van der Waals surface area contributed by atoms with Gasteiger partial charge < -0.3 is 5.32 Å². The summed E-state index contributed by atoms with van der Waals surface area (Å²) in [6.45, 7) is 6.18. The van der Waals surface area contributed by atoms with Gasteiger partial charge in [0.2, 0.25) is 5.91 Å². The molecule has 0 aliphatic heterocycles. The van der Waals surface area contributed by atoms with E-state index in [4.69, 9.17) is 0 Å². The number of aromatic nitrogens is 3. The lowest BCUT2D eigenvalue weighted by Gasteiger charge is -2.12. The van der Waals surface area contributed by atoms with Crippen LogP contribution in [0.2, 0.25) is 0 Å². The summed E-state index contributed by atoms with van der Waals surface area (Å²) in [5, 5.41) is 10.2. The molecule has 2 fully saturated rings. The summed E-state index contributed by atoms with van der Waals surface area (Å²) in [5.74, 6) is 2.82. The van der Waals surface area contributed by atoms with Gasteiger partial charge in [-0.05, 0) is 32.1 Å². The fraction of sp³-hybridized carbons (Fsp3) is 0.769. The molecule has 1 amide bonds. The molecule has 0 bridgehead atoms. The molecule has 1 heterocycles. The number of hydrogen-bond donors (Lipinski definition) is 2. The van der Waals surface area contributed by atoms with Crippen molar-refractivity contribution < 1.29 is 4.79 Å². The number of aromatic amines is 1. The second kappa shape index (κ2) is 3.80. The molecule has 1 aromatic heterocycles. The highest BCUT2D eigenvalue weighted by atomic mass is 16.2. The van der Waals surface area contributed by atoms with E-state index in [9.17, 15) is 4.79 Å². The standard InChI is InChI=1S/C13H20N4O/c1-4-7(2)10-15-11(17-16-10)8(3)14-12(18)13-5-9(13)6-13/h7-9H,4-6H2,1-3H3,(H,14,18)(H,15,16,17). The van der Waals surface area contributed by atoms with Crippen LogP contribution in [-0.4, -0.2) is 21.1 Å². The van der Waals surface area contributed by atoms with Gasteiger partial charge in [0.1, 0.15) is 5.82 Å². The number of rotatable bonds is 5. The Morgan fingerprint density at radius 2 is 2.22 bits per heavy atom. The third-order valence-corrected chi connectivity index (χ3v) is 4.47. The van der Waals surface area contributed by atoms with E-state index in [-0.39, 0.29) is 17.4 Å². The van der Waals surface area contributed by atoms with Gasteiger partial charge in [-0.1, -0.05) is 13.8 Å². The van der Waals surface area contributed by atoms with Crippen LogP contribution < -0.4 is 5.32 Å². The van der Waals surface area contributed by atoms with E-state index in [2.05, 4.69) is 34.3 Å². The monoisotopic (exact) mass is 248 g/mol. The van der Waals surface area contributed by atoms with Crippen LogP contribution in [0.15, 0.2) is 0 Å². The van der Waals surface area contributed by atoms with E-state index >= 15 is 0 Å². The van der Waals surface area contributed by atoms with Crippen molar-refractivity contribution in [2.24, 2.45) is 11.3 Å². The number of carbonyl (C=O) groups is 1. The minimum atomic E-state index is -0.0842. The zero-order valence-corrected chi connectivity index (χ0v) is 11.2. The Labute approximate surface area is 107 Å². The van der Waals surface area contributed by atoms with Crippen molar-refractivity contribution in [3.63, 3.8) is 0 Å². The lowest BCUT2D eigenvalue weighted by atomic mass is 10.1. The van der Waals surface area contributed by atoms with Crippen LogP contribution in [0, 0.1) is 11.3 Å². The largest absolute Gasteiger partial charge is 0.346 e. The SMILES string of the molecule is CCC(C)c1n[nH]c(C(C)NC(=O)C23CC2C3)n1. The molecule has 0 aromatic carbocycles. The van der Waals surface area contributed by atoms with E-state index in [1.54, 1.807) is 0 Å². The minimum absolute atomic E-state index is 0.0216. The molecule has 2 aliphatic carbocycles. The van der Waals surface area contributed by atoms with Crippen molar-refractivity contribution in [3.8, 4) is 0 Å². The van der Waals surface area contributed by atoms with Crippen LogP contribution >= 0.6 is 0 Å². The van der Waals surface area contributed by atoms with E-state index in [1.165, 1.54) is 0 Å². The van der Waals surface area contributed by atoms with Gasteiger partial charge in [-0.2, -0.15) is 5.10 Å². The van der Waals surface area contributed by atoms with Gasteiger partial charge in [-0.25, -0.2) is 4.98 Å². The van der Waals surface area contributed by atoms with Gasteiger partial charge >= 0.3 is 0 Å². The van der Waals surface area contributed by atoms with Crippen molar-refractivity contribution in [2.75, 3.05) is 0 Å². The van der Waals surface area contributed by atoms with Crippen LogP contribution in [0.4, 0.5) is 0 Å². The van der Waals surface area contributed by atoms with Gasteiger partial charge in [0.25, 0.3) is 0 Å². The number of nitrogens with one attached hydrogen (secondary N) is 2. The van der Waals surface area contributed by atoms with Crippen LogP contribution in [-0.2, 0) is 4.79 Å². The first-order valence-electron chi connectivity index (χ1n) is 6.80. The molecule has 2 atom stereocenters. The first kappa shape index (κ1) is 11.7. The molecule has 2 unspecified atom stereocenters. The van der Waals surface area contributed by atoms with Gasteiger partial charge in [0.05, 0.1) is 11.5 Å². The molecule has 3 rings (SSSR count). The molecule has 0 radical (unpaired) electrons. The number of H-pyrrole nitrogens is 1. The summed E-state index contributed by atoms with van der Waals surface area (Å²) >= 11 is 0. The van der Waals surface area contributed by atoms with Crippen LogP contribution in [0.1, 0.15) is 63.6 Å². The Kier molecular flexibility index (Phi) is 2.47. The minimum Gasteiger partial charge on any atom is -0.346 e. The van der Waals surface area contributed by atoms with Crippen LogP contribution in [0.3, 0.4) is 0 Å². The topological polar surface area (TPSA) is 70.7 Å². The molecule has 1 aromatic rings. The van der Waals surface area contributed by atoms with Crippen molar-refractivity contribution >= 4 is 5.91 Å². The average molecular weight is 248 g/mol. The fourth-order valence-corrected chi connectivity index (χ4v) is 2.37. The summed E-state index contributed by atoms with van der Waals surface area (Å²) < 4.78 is 0. The molecule has 0 saturated heterocycles. The second-order valence-electron chi connectivity index (χ2n) is 5.84. The summed E-state index contributed by atoms with van der Waals surface area (Å²) in [4.78, 5) is 16.4. The number of amides is 1. The Bertz CT molecular complexity index is 475. The Morgan fingerprint density at radius 3 is 2.78 bits per heavy atom. The second-order valence-corrected chi connectivity index (χ2v) is 5.84. The number of carbonyl (C=O) groups excluding carboxylic acids is 1. The average Bonchev–Trinajstić information content (AvgIpc) is 3.14. The van der Waals surface area contributed by atoms with Gasteiger partial charge in [-0.15, -0.1) is 0 Å². The van der Waals surface area contributed by atoms with Crippen molar-refractivity contribution in [1.29, 1.82) is 0 Å². The number of hydrogen-bond acceptors (Lipinski definition) is 3. The maximum atomic E-state index is 12.0. The molecule has 5 nitrogen and oxygen atoms in total. The van der Waals surface area contributed by atoms with E-state index in [1.807, 2.05) is 6.92 Å². The normalized spacial score (nSPS) is 31.4. The van der Waals surface area contributed by atoms with Crippen molar-refractivity contribution in [1.82, 2.24) is 20.5 Å². The first-order chi connectivity index (χ1) is 8.56. The lowest BCUT2D eigenvalue weighted by molar-refractivity contribution is -0.125. The Morgan fingerprint density at radius 1 is 1.56 bits per heavy atom. The summed E-state index contributed by atoms with van der Waals surface area (Å²) in [5.41, 5.74) is 0.0216. The zero-order valence-electron chi connectivity index (χ0n) is 11.2. The molecule has 0 spiro atoms. The van der Waals surface area contributed by atoms with E-state index < -0.39 is 0 Å². The van der Waals surface area contributed by atoms with Crippen molar-refractivity contribution in [2.45, 2.75) is 52.0 Å². The zero-order chi connectivity index (χ0) is 12.9. The summed E-state index contributed by atoms with van der Waals surface area (Å²) in [7, 11) is 0. The summed E-state index contributed by atoms with van der Waals surface area (Å²) in [6.07, 6.45) is 3.18. The van der Waals surface area contributed by atoms with E-state index in [0.29, 0.717) is 11.8 Å². The highest BCUT2D eigenvalue weighted by Crippen LogP contribution is 2.75. The predicted molar refractivity (Wildman–Crippen MR) is 66.8 cm³/mol. The Balaban J connectivity index is 1.63. The highest BCUT2D eigenvalue weighted by molar-refractivity contribution is 5.90. The van der Waals surface area contributed by atoms with Gasteiger partial charge in [0, 0.05) is 5.92 Å². The van der Waals surface area contributed by atoms with Crippen molar-refractivity contribution in [3.05, 3.63) is 11.6 Å². The number of fused-ring (bicyclic) bond motifs is 1. The third-order valence-electron chi connectivity index (χ3n) is 4.47. The van der Waals surface area contributed by atoms with Crippen LogP contribution in [0.25, 0.3) is 0 Å². The summed E-state index contributed by atoms with van der Waals surface area (Å²) in [6, 6.07) is -0.0842. The smallest absolute Gasteiger partial charge is 0.227 e. The predicted octanol–water partition coefficient (Wildman–Crippen LogP) is 1.91. The molecule has 5 heteroatoms. The maximum Gasteiger partial charge on any atom is 0.227 e. The van der Waals surface area contributed by atoms with Gasteiger partial charge in [0.15, 0.2) is 5.82 Å². The maximum absolute atomic E-state index is 12.0. The highest BCUT2D eigenvalue weighted by Gasteiger charge is 2.74. The lowest BCUT2D eigenvalue weighted by Crippen LogP contribution is -2.31. The molecular formula is C13H20N4O. The van der Waals surface area contributed by atoms with E-state index in [0.717, 1.165) is 30.9 Å². The third kappa shape index (κ3) is 1.72. The first-order valence-corrected chi connectivity index (χ1v) is 6.80. The molecule has 98 valence electrons.